The van der Waals surface area contributed by atoms with Gasteiger partial charge in [-0.25, -0.2) is 8.78 Å². The molecule has 1 aromatic carbocycles. The normalized spacial score (nSPS) is 20.8. The second kappa shape index (κ2) is 7.70. The lowest BCUT2D eigenvalue weighted by Crippen LogP contribution is -2.46. The maximum Gasteiger partial charge on any atom is 0.223 e. The van der Waals surface area contributed by atoms with E-state index in [1.165, 1.54) is 6.07 Å². The highest BCUT2D eigenvalue weighted by molar-refractivity contribution is 5.78. The molecular formula is C19H21F2N3O. The first kappa shape index (κ1) is 17.5. The molecule has 1 aromatic heterocycles. The number of nitrogens with zero attached hydrogens (tertiary/aromatic N) is 2. The molecule has 2 heterocycles. The molecule has 0 saturated carbocycles. The summed E-state index contributed by atoms with van der Waals surface area (Å²) in [6.07, 6.45) is 4.32. The van der Waals surface area contributed by atoms with Crippen LogP contribution in [0.1, 0.15) is 23.5 Å². The number of halogens is 2. The van der Waals surface area contributed by atoms with Crippen LogP contribution in [0.15, 0.2) is 42.7 Å². The van der Waals surface area contributed by atoms with E-state index in [4.69, 9.17) is 5.73 Å². The predicted octanol–water partition coefficient (Wildman–Crippen LogP) is 2.49. The van der Waals surface area contributed by atoms with E-state index in [0.717, 1.165) is 24.1 Å². The average molecular weight is 345 g/mol. The van der Waals surface area contributed by atoms with E-state index < -0.39 is 11.6 Å². The molecular weight excluding hydrogens is 324 g/mol. The molecule has 1 amide bonds. The quantitative estimate of drug-likeness (QED) is 0.906. The van der Waals surface area contributed by atoms with Gasteiger partial charge in [0, 0.05) is 37.8 Å². The molecule has 6 heteroatoms. The Hall–Kier alpha value is -2.34. The van der Waals surface area contributed by atoms with Gasteiger partial charge >= 0.3 is 0 Å². The van der Waals surface area contributed by atoms with Crippen LogP contribution in [0, 0.1) is 17.6 Å². The second-order valence-corrected chi connectivity index (χ2v) is 6.42. The van der Waals surface area contributed by atoms with Crippen LogP contribution in [0.5, 0.6) is 0 Å². The van der Waals surface area contributed by atoms with E-state index >= 15 is 0 Å². The Balaban J connectivity index is 1.72. The highest BCUT2D eigenvalue weighted by Gasteiger charge is 2.35. The van der Waals surface area contributed by atoms with E-state index in [9.17, 15) is 13.6 Å². The molecule has 2 atom stereocenters. The Bertz CT molecular complexity index is 739. The van der Waals surface area contributed by atoms with Crippen molar-refractivity contribution in [2.24, 2.45) is 11.7 Å². The van der Waals surface area contributed by atoms with Crippen LogP contribution in [0.2, 0.25) is 0 Å². The van der Waals surface area contributed by atoms with Crippen LogP contribution in [0.4, 0.5) is 8.78 Å². The minimum atomic E-state index is -0.500. The van der Waals surface area contributed by atoms with Gasteiger partial charge in [0.25, 0.3) is 0 Å². The van der Waals surface area contributed by atoms with Crippen LogP contribution in [0.3, 0.4) is 0 Å². The third kappa shape index (κ3) is 4.02. The fourth-order valence-corrected chi connectivity index (χ4v) is 3.43. The van der Waals surface area contributed by atoms with Gasteiger partial charge in [0.05, 0.1) is 0 Å². The van der Waals surface area contributed by atoms with Crippen molar-refractivity contribution in [3.05, 3.63) is 65.5 Å². The molecule has 1 aliphatic heterocycles. The number of amides is 1. The molecule has 25 heavy (non-hydrogen) atoms. The monoisotopic (exact) mass is 345 g/mol. The molecule has 3 rings (SSSR count). The largest absolute Gasteiger partial charge is 0.342 e. The number of carbonyl (C=O) groups is 1. The number of benzene rings is 1. The number of nitrogens with two attached hydrogens (primary N) is 1. The van der Waals surface area contributed by atoms with Gasteiger partial charge in [-0.1, -0.05) is 0 Å². The zero-order chi connectivity index (χ0) is 17.8. The Kier molecular flexibility index (Phi) is 5.38. The standard InChI is InChI=1S/C19H21F2N3O/c20-15-1-2-18(21)17(9-15)16-10-19(25)24(12-14(16)11-22)8-5-13-3-6-23-7-4-13/h1-4,6-7,9,14,16H,5,8,10-12,22H2/t14-,16-/m0/s1. The number of hydrogen-bond acceptors (Lipinski definition) is 3. The molecule has 1 aliphatic rings. The Labute approximate surface area is 145 Å². The first-order chi connectivity index (χ1) is 12.1. The van der Waals surface area contributed by atoms with Crippen LogP contribution in [0.25, 0.3) is 0 Å². The third-order valence-corrected chi connectivity index (χ3v) is 4.85. The van der Waals surface area contributed by atoms with Crippen molar-refractivity contribution >= 4 is 5.91 Å². The first-order valence-corrected chi connectivity index (χ1v) is 8.40. The number of likely N-dealkylation sites (tertiary alicyclic amines) is 1. The summed E-state index contributed by atoms with van der Waals surface area (Å²) in [5.74, 6) is -1.51. The maximum atomic E-state index is 14.1. The van der Waals surface area contributed by atoms with Gasteiger partial charge in [-0.3, -0.25) is 9.78 Å². The smallest absolute Gasteiger partial charge is 0.223 e. The number of rotatable bonds is 5. The van der Waals surface area contributed by atoms with Crippen LogP contribution < -0.4 is 5.73 Å². The van der Waals surface area contributed by atoms with Crippen molar-refractivity contribution in [2.45, 2.75) is 18.8 Å². The van der Waals surface area contributed by atoms with Gasteiger partial charge in [0.15, 0.2) is 0 Å². The summed E-state index contributed by atoms with van der Waals surface area (Å²) in [6, 6.07) is 7.21. The molecule has 0 aliphatic carbocycles. The summed E-state index contributed by atoms with van der Waals surface area (Å²) in [6.45, 7) is 1.36. The van der Waals surface area contributed by atoms with E-state index in [0.29, 0.717) is 19.6 Å². The summed E-state index contributed by atoms with van der Waals surface area (Å²) >= 11 is 0. The van der Waals surface area contributed by atoms with Crippen LogP contribution in [-0.4, -0.2) is 35.4 Å². The van der Waals surface area contributed by atoms with Gasteiger partial charge in [0.2, 0.25) is 5.91 Å². The lowest BCUT2D eigenvalue weighted by atomic mass is 9.79. The summed E-state index contributed by atoms with van der Waals surface area (Å²) in [7, 11) is 0. The predicted molar refractivity (Wildman–Crippen MR) is 90.8 cm³/mol. The fourth-order valence-electron chi connectivity index (χ4n) is 3.43. The SMILES string of the molecule is NC[C@H]1CN(CCc2ccncc2)C(=O)C[C@@H]1c1cc(F)ccc1F. The van der Waals surface area contributed by atoms with E-state index in [1.54, 1.807) is 17.3 Å². The number of pyridine rings is 1. The molecule has 2 N–H and O–H groups in total. The minimum Gasteiger partial charge on any atom is -0.342 e. The third-order valence-electron chi connectivity index (χ3n) is 4.85. The molecule has 4 nitrogen and oxygen atoms in total. The van der Waals surface area contributed by atoms with Crippen molar-refractivity contribution < 1.29 is 13.6 Å². The molecule has 0 unspecified atom stereocenters. The zero-order valence-electron chi connectivity index (χ0n) is 13.9. The molecule has 0 spiro atoms. The van der Waals surface area contributed by atoms with Crippen molar-refractivity contribution in [1.82, 2.24) is 9.88 Å². The molecule has 132 valence electrons. The van der Waals surface area contributed by atoms with E-state index in [2.05, 4.69) is 4.98 Å². The topological polar surface area (TPSA) is 59.2 Å². The zero-order valence-corrected chi connectivity index (χ0v) is 13.9. The summed E-state index contributed by atoms with van der Waals surface area (Å²) in [4.78, 5) is 18.3. The van der Waals surface area contributed by atoms with Crippen molar-refractivity contribution in [3.63, 3.8) is 0 Å². The molecule has 1 saturated heterocycles. The van der Waals surface area contributed by atoms with Gasteiger partial charge in [-0.15, -0.1) is 0 Å². The average Bonchev–Trinajstić information content (AvgIpc) is 2.63. The Morgan fingerprint density at radius 2 is 1.96 bits per heavy atom. The van der Waals surface area contributed by atoms with Gasteiger partial charge in [-0.2, -0.15) is 0 Å². The number of aromatic nitrogens is 1. The maximum absolute atomic E-state index is 14.1. The second-order valence-electron chi connectivity index (χ2n) is 6.42. The Morgan fingerprint density at radius 1 is 1.20 bits per heavy atom. The lowest BCUT2D eigenvalue weighted by Gasteiger charge is -2.38. The number of carbonyl (C=O) groups excluding carboxylic acids is 1. The van der Waals surface area contributed by atoms with E-state index in [1.807, 2.05) is 12.1 Å². The van der Waals surface area contributed by atoms with Crippen LogP contribution in [-0.2, 0) is 11.2 Å². The fraction of sp³-hybridized carbons (Fsp3) is 0.368. The van der Waals surface area contributed by atoms with E-state index in [-0.39, 0.29) is 29.7 Å². The summed E-state index contributed by atoms with van der Waals surface area (Å²) < 4.78 is 27.6. The van der Waals surface area contributed by atoms with Crippen molar-refractivity contribution in [2.75, 3.05) is 19.6 Å². The molecule has 0 bridgehead atoms. The Morgan fingerprint density at radius 3 is 2.68 bits per heavy atom. The highest BCUT2D eigenvalue weighted by Crippen LogP contribution is 2.35. The molecule has 1 fully saturated rings. The van der Waals surface area contributed by atoms with Gasteiger partial charge in [-0.05, 0) is 60.3 Å². The van der Waals surface area contributed by atoms with Gasteiger partial charge < -0.3 is 10.6 Å². The minimum absolute atomic E-state index is 0.0487. The first-order valence-electron chi connectivity index (χ1n) is 8.40. The van der Waals surface area contributed by atoms with Crippen molar-refractivity contribution in [1.29, 1.82) is 0 Å². The lowest BCUT2D eigenvalue weighted by molar-refractivity contribution is -0.135. The summed E-state index contributed by atoms with van der Waals surface area (Å²) in [5, 5.41) is 0. The van der Waals surface area contributed by atoms with Gasteiger partial charge in [0.1, 0.15) is 11.6 Å². The summed E-state index contributed by atoms with van der Waals surface area (Å²) in [5.41, 5.74) is 7.22. The number of piperidine rings is 1. The van der Waals surface area contributed by atoms with Crippen molar-refractivity contribution in [3.8, 4) is 0 Å². The highest BCUT2D eigenvalue weighted by atomic mass is 19.1. The molecule has 0 radical (unpaired) electrons. The number of hydrogen-bond donors (Lipinski definition) is 1. The van der Waals surface area contributed by atoms with Crippen LogP contribution >= 0.6 is 0 Å². The molecule has 2 aromatic rings.